The predicted octanol–water partition coefficient (Wildman–Crippen LogP) is 5.41. The molecule has 0 unspecified atom stereocenters. The number of ketones is 1. The molecule has 0 aliphatic rings. The second-order valence-electron chi connectivity index (χ2n) is 7.05. The highest BCUT2D eigenvalue weighted by Gasteiger charge is 2.20. The van der Waals surface area contributed by atoms with Gasteiger partial charge in [0.2, 0.25) is 0 Å². The van der Waals surface area contributed by atoms with Gasteiger partial charge in [-0.1, -0.05) is 78.9 Å². The van der Waals surface area contributed by atoms with Crippen molar-refractivity contribution >= 4 is 22.8 Å². The van der Waals surface area contributed by atoms with E-state index in [1.54, 1.807) is 17.7 Å². The lowest BCUT2D eigenvalue weighted by atomic mass is 9.93. The van der Waals surface area contributed by atoms with Crippen molar-refractivity contribution in [2.45, 2.75) is 6.92 Å². The Morgan fingerprint density at radius 1 is 0.862 bits per heavy atom. The van der Waals surface area contributed by atoms with Crippen molar-refractivity contribution in [2.24, 2.45) is 7.05 Å². The Morgan fingerprint density at radius 3 is 2.28 bits per heavy atom. The molecule has 3 heteroatoms. The van der Waals surface area contributed by atoms with Crippen LogP contribution in [0.25, 0.3) is 28.1 Å². The number of pyridine rings is 1. The van der Waals surface area contributed by atoms with Gasteiger partial charge in [0.15, 0.2) is 5.78 Å². The van der Waals surface area contributed by atoms with Crippen LogP contribution in [-0.2, 0) is 7.05 Å². The number of rotatable bonds is 4. The second kappa shape index (κ2) is 7.72. The van der Waals surface area contributed by atoms with E-state index < -0.39 is 0 Å². The smallest absolute Gasteiger partial charge is 0.262 e. The standard InChI is InChI=1S/C26H21NO2/c1-18-10-6-7-11-19(18)16-17-23(28)25-24(20-12-4-3-5-13-20)21-14-8-9-15-22(21)27(2)26(25)29/h3-17H,1-2H3. The molecule has 0 bridgehead atoms. The van der Waals surface area contributed by atoms with Crippen molar-refractivity contribution in [3.8, 4) is 11.1 Å². The van der Waals surface area contributed by atoms with E-state index in [9.17, 15) is 9.59 Å². The first-order chi connectivity index (χ1) is 14.1. The van der Waals surface area contributed by atoms with Crippen LogP contribution in [0.1, 0.15) is 21.5 Å². The topological polar surface area (TPSA) is 39.1 Å². The fourth-order valence-electron chi connectivity index (χ4n) is 3.65. The molecule has 4 rings (SSSR count). The molecule has 0 radical (unpaired) electrons. The molecule has 4 aromatic rings. The van der Waals surface area contributed by atoms with Gasteiger partial charge in [-0.15, -0.1) is 0 Å². The maximum atomic E-state index is 13.2. The third kappa shape index (κ3) is 3.43. The number of aromatic nitrogens is 1. The number of aryl methyl sites for hydroxylation is 2. The van der Waals surface area contributed by atoms with Crippen molar-refractivity contribution in [3.63, 3.8) is 0 Å². The number of benzene rings is 3. The third-order valence-electron chi connectivity index (χ3n) is 5.21. The zero-order chi connectivity index (χ0) is 20.4. The van der Waals surface area contributed by atoms with Crippen molar-refractivity contribution in [2.75, 3.05) is 0 Å². The summed E-state index contributed by atoms with van der Waals surface area (Å²) < 4.78 is 1.55. The van der Waals surface area contributed by atoms with Gasteiger partial charge in [0.25, 0.3) is 5.56 Å². The summed E-state index contributed by atoms with van der Waals surface area (Å²) in [4.78, 5) is 26.4. The fraction of sp³-hybridized carbons (Fsp3) is 0.0769. The highest BCUT2D eigenvalue weighted by Crippen LogP contribution is 2.30. The maximum Gasteiger partial charge on any atom is 0.262 e. The second-order valence-corrected chi connectivity index (χ2v) is 7.05. The Bertz CT molecular complexity index is 1300. The molecule has 0 atom stereocenters. The lowest BCUT2D eigenvalue weighted by Crippen LogP contribution is -2.25. The molecule has 0 aliphatic heterocycles. The summed E-state index contributed by atoms with van der Waals surface area (Å²) in [6.45, 7) is 1.99. The van der Waals surface area contributed by atoms with Crippen molar-refractivity contribution in [1.29, 1.82) is 0 Å². The van der Waals surface area contributed by atoms with Crippen LogP contribution in [0, 0.1) is 6.92 Å². The molecule has 3 nitrogen and oxygen atoms in total. The molecule has 142 valence electrons. The Balaban J connectivity index is 1.96. The minimum Gasteiger partial charge on any atom is -0.311 e. The minimum absolute atomic E-state index is 0.197. The van der Waals surface area contributed by atoms with Gasteiger partial charge in [0.05, 0.1) is 11.1 Å². The van der Waals surface area contributed by atoms with E-state index in [2.05, 4.69) is 0 Å². The van der Waals surface area contributed by atoms with Gasteiger partial charge in [0.1, 0.15) is 0 Å². The number of carbonyl (C=O) groups is 1. The molecule has 29 heavy (non-hydrogen) atoms. The maximum absolute atomic E-state index is 13.2. The predicted molar refractivity (Wildman–Crippen MR) is 119 cm³/mol. The van der Waals surface area contributed by atoms with Crippen molar-refractivity contribution in [1.82, 2.24) is 4.57 Å². The highest BCUT2D eigenvalue weighted by molar-refractivity contribution is 6.15. The van der Waals surface area contributed by atoms with Gasteiger partial charge in [-0.3, -0.25) is 9.59 Å². The largest absolute Gasteiger partial charge is 0.311 e. The summed E-state index contributed by atoms with van der Waals surface area (Å²) >= 11 is 0. The first-order valence-corrected chi connectivity index (χ1v) is 9.53. The average Bonchev–Trinajstić information content (AvgIpc) is 2.76. The van der Waals surface area contributed by atoms with Crippen LogP contribution >= 0.6 is 0 Å². The van der Waals surface area contributed by atoms with E-state index in [0.717, 1.165) is 27.6 Å². The van der Waals surface area contributed by atoms with E-state index in [0.29, 0.717) is 5.56 Å². The first-order valence-electron chi connectivity index (χ1n) is 9.53. The van der Waals surface area contributed by atoms with Crippen LogP contribution in [0.5, 0.6) is 0 Å². The van der Waals surface area contributed by atoms with Crippen LogP contribution in [0.15, 0.2) is 89.7 Å². The van der Waals surface area contributed by atoms with Crippen LogP contribution in [0.3, 0.4) is 0 Å². The third-order valence-corrected chi connectivity index (χ3v) is 5.21. The fourth-order valence-corrected chi connectivity index (χ4v) is 3.65. The van der Waals surface area contributed by atoms with Crippen molar-refractivity contribution < 1.29 is 4.79 Å². The number of carbonyl (C=O) groups excluding carboxylic acids is 1. The van der Waals surface area contributed by atoms with E-state index >= 15 is 0 Å². The molecule has 0 amide bonds. The summed E-state index contributed by atoms with van der Waals surface area (Å²) in [5.74, 6) is -0.293. The Morgan fingerprint density at radius 2 is 1.52 bits per heavy atom. The lowest BCUT2D eigenvalue weighted by molar-refractivity contribution is 0.104. The number of fused-ring (bicyclic) bond motifs is 1. The van der Waals surface area contributed by atoms with Gasteiger partial charge in [0, 0.05) is 18.0 Å². The van der Waals surface area contributed by atoms with Gasteiger partial charge in [-0.2, -0.15) is 0 Å². The molecule has 0 saturated carbocycles. The van der Waals surface area contributed by atoms with E-state index in [-0.39, 0.29) is 16.9 Å². The number of nitrogens with zero attached hydrogens (tertiary/aromatic N) is 1. The Labute approximate surface area is 169 Å². The average molecular weight is 379 g/mol. The number of allylic oxidation sites excluding steroid dienone is 1. The molecule has 0 saturated heterocycles. The van der Waals surface area contributed by atoms with Gasteiger partial charge in [-0.25, -0.2) is 0 Å². The van der Waals surface area contributed by atoms with Gasteiger partial charge >= 0.3 is 0 Å². The van der Waals surface area contributed by atoms with E-state index in [4.69, 9.17) is 0 Å². The van der Waals surface area contributed by atoms with E-state index in [1.807, 2.05) is 85.8 Å². The normalized spacial score (nSPS) is 11.2. The SMILES string of the molecule is Cc1ccccc1C=CC(=O)c1c(-c2ccccc2)c2ccccc2n(C)c1=O. The molecule has 0 fully saturated rings. The number of hydrogen-bond donors (Lipinski definition) is 0. The van der Waals surface area contributed by atoms with Crippen LogP contribution < -0.4 is 5.56 Å². The molecule has 1 aromatic heterocycles. The molecule has 3 aromatic carbocycles. The Kier molecular flexibility index (Phi) is 4.96. The van der Waals surface area contributed by atoms with E-state index in [1.165, 1.54) is 6.08 Å². The molecule has 0 spiro atoms. The Hall–Kier alpha value is -3.72. The van der Waals surface area contributed by atoms with Crippen LogP contribution in [-0.4, -0.2) is 10.4 Å². The minimum atomic E-state index is -0.293. The van der Waals surface area contributed by atoms with Gasteiger partial charge in [-0.05, 0) is 35.8 Å². The van der Waals surface area contributed by atoms with Crippen molar-refractivity contribution in [3.05, 3.63) is 112 Å². The molecule has 1 heterocycles. The highest BCUT2D eigenvalue weighted by atomic mass is 16.1. The van der Waals surface area contributed by atoms with Gasteiger partial charge < -0.3 is 4.57 Å². The number of hydrogen-bond acceptors (Lipinski definition) is 2. The zero-order valence-corrected chi connectivity index (χ0v) is 16.4. The summed E-state index contributed by atoms with van der Waals surface area (Å²) in [5, 5.41) is 0.883. The number of para-hydroxylation sites is 1. The molecular weight excluding hydrogens is 358 g/mol. The summed E-state index contributed by atoms with van der Waals surface area (Å²) in [5.41, 5.74) is 4.28. The molecular formula is C26H21NO2. The zero-order valence-electron chi connectivity index (χ0n) is 16.4. The van der Waals surface area contributed by atoms with Crippen LogP contribution in [0.2, 0.25) is 0 Å². The first kappa shape index (κ1) is 18.6. The summed E-state index contributed by atoms with van der Waals surface area (Å²) in [7, 11) is 1.71. The molecule has 0 N–H and O–H groups in total. The van der Waals surface area contributed by atoms with Crippen LogP contribution in [0.4, 0.5) is 0 Å². The monoisotopic (exact) mass is 379 g/mol. The molecule has 0 aliphatic carbocycles. The summed E-state index contributed by atoms with van der Waals surface area (Å²) in [6.07, 6.45) is 3.28. The lowest BCUT2D eigenvalue weighted by Gasteiger charge is -2.14. The quantitative estimate of drug-likeness (QED) is 0.351. The summed E-state index contributed by atoms with van der Waals surface area (Å²) in [6, 6.07) is 25.1.